The molecular formula is C30H27N7O4. The van der Waals surface area contributed by atoms with Crippen molar-refractivity contribution in [2.75, 3.05) is 13.7 Å². The van der Waals surface area contributed by atoms with Gasteiger partial charge in [0.15, 0.2) is 18.1 Å². The molecule has 1 atom stereocenters. The molecule has 0 fully saturated rings. The lowest BCUT2D eigenvalue weighted by molar-refractivity contribution is -0.123. The number of imidazole rings is 1. The molecule has 4 bridgehead atoms. The van der Waals surface area contributed by atoms with Crippen LogP contribution in [-0.2, 0) is 11.3 Å². The Kier molecular flexibility index (Phi) is 6.90. The minimum atomic E-state index is -0.297. The van der Waals surface area contributed by atoms with Gasteiger partial charge in [-0.2, -0.15) is 5.10 Å². The first kappa shape index (κ1) is 25.8. The number of aromatic nitrogens is 5. The standard InChI is InChI=1S/C30H27N7O4/c1-19(21-3-6-24(7-4-21)37-18-31-17-34-37)35-30(39)23-11-20-12-25(13-23)36-10-9-32-29(36)22-5-8-26(40-2)27(14-22)41-16-28(38)33-15-20/h3-14,17-19H,15-16H2,1-2H3,(H,33,38)(H,35,39). The molecule has 1 aliphatic rings. The van der Waals surface area contributed by atoms with E-state index in [2.05, 4.69) is 25.7 Å². The number of hydrogen-bond acceptors (Lipinski definition) is 7. The van der Waals surface area contributed by atoms with E-state index < -0.39 is 0 Å². The van der Waals surface area contributed by atoms with Gasteiger partial charge in [-0.3, -0.25) is 14.2 Å². The van der Waals surface area contributed by atoms with Crippen LogP contribution < -0.4 is 20.1 Å². The fourth-order valence-electron chi connectivity index (χ4n) is 4.72. The monoisotopic (exact) mass is 549 g/mol. The molecule has 0 aliphatic carbocycles. The maximum atomic E-state index is 13.5. The zero-order valence-electron chi connectivity index (χ0n) is 22.4. The van der Waals surface area contributed by atoms with Gasteiger partial charge in [-0.25, -0.2) is 14.6 Å². The SMILES string of the molecule is COc1ccc2cc1OCC(=O)NCc1cc(C(=O)NC(C)c3ccc(-n4cncn4)cc3)cc(c1)-n1ccnc1-2. The summed E-state index contributed by atoms with van der Waals surface area (Å²) >= 11 is 0. The molecule has 1 unspecified atom stereocenters. The summed E-state index contributed by atoms with van der Waals surface area (Å²) in [4.78, 5) is 34.6. The van der Waals surface area contributed by atoms with Crippen LogP contribution in [0.3, 0.4) is 0 Å². The summed E-state index contributed by atoms with van der Waals surface area (Å²) < 4.78 is 14.8. The van der Waals surface area contributed by atoms with Crippen molar-refractivity contribution >= 4 is 11.8 Å². The minimum absolute atomic E-state index is 0.186. The normalized spacial score (nSPS) is 13.4. The number of nitrogens with one attached hydrogen (secondary N) is 2. The van der Waals surface area contributed by atoms with Gasteiger partial charge in [-0.1, -0.05) is 12.1 Å². The Morgan fingerprint density at radius 3 is 2.73 bits per heavy atom. The van der Waals surface area contributed by atoms with Crippen LogP contribution in [0.1, 0.15) is 34.5 Å². The molecule has 3 heterocycles. The van der Waals surface area contributed by atoms with Gasteiger partial charge in [-0.15, -0.1) is 0 Å². The van der Waals surface area contributed by atoms with Crippen LogP contribution in [0.2, 0.25) is 0 Å². The first-order valence-electron chi connectivity index (χ1n) is 13.0. The summed E-state index contributed by atoms with van der Waals surface area (Å²) in [5, 5.41) is 10.1. The summed E-state index contributed by atoms with van der Waals surface area (Å²) in [5.74, 6) is 1.06. The summed E-state index contributed by atoms with van der Waals surface area (Å²) in [6.07, 6.45) is 6.64. The van der Waals surface area contributed by atoms with E-state index in [9.17, 15) is 9.59 Å². The molecular weight excluding hydrogens is 522 g/mol. The molecule has 2 N–H and O–H groups in total. The van der Waals surface area contributed by atoms with Crippen LogP contribution in [0, 0.1) is 0 Å². The third-order valence-corrected chi connectivity index (χ3v) is 6.85. The van der Waals surface area contributed by atoms with Crippen molar-refractivity contribution < 1.29 is 19.1 Å². The number of rotatable bonds is 5. The van der Waals surface area contributed by atoms with Crippen LogP contribution in [0.4, 0.5) is 0 Å². The zero-order valence-corrected chi connectivity index (χ0v) is 22.4. The first-order valence-corrected chi connectivity index (χ1v) is 13.0. The molecule has 0 saturated carbocycles. The molecule has 11 heteroatoms. The average Bonchev–Trinajstić information content (AvgIpc) is 3.72. The average molecular weight is 550 g/mol. The van der Waals surface area contributed by atoms with Crippen molar-refractivity contribution in [3.8, 4) is 34.3 Å². The van der Waals surface area contributed by atoms with Gasteiger partial charge in [0.1, 0.15) is 18.5 Å². The Morgan fingerprint density at radius 1 is 1.10 bits per heavy atom. The quantitative estimate of drug-likeness (QED) is 0.343. The van der Waals surface area contributed by atoms with E-state index in [1.165, 1.54) is 6.33 Å². The Morgan fingerprint density at radius 2 is 1.95 bits per heavy atom. The molecule has 3 aromatic carbocycles. The molecule has 0 spiro atoms. The first-order chi connectivity index (χ1) is 20.0. The summed E-state index contributed by atoms with van der Waals surface area (Å²) in [5.41, 5.74) is 4.53. The van der Waals surface area contributed by atoms with Crippen molar-refractivity contribution in [2.24, 2.45) is 0 Å². The second kappa shape index (κ2) is 11.0. The highest BCUT2D eigenvalue weighted by Gasteiger charge is 2.18. The van der Waals surface area contributed by atoms with Crippen LogP contribution in [0.15, 0.2) is 85.7 Å². The highest BCUT2D eigenvalue weighted by molar-refractivity contribution is 5.95. The van der Waals surface area contributed by atoms with Gasteiger partial charge in [0.05, 0.1) is 18.8 Å². The third-order valence-electron chi connectivity index (χ3n) is 6.85. The highest BCUT2D eigenvalue weighted by Crippen LogP contribution is 2.33. The van der Waals surface area contributed by atoms with Crippen LogP contribution >= 0.6 is 0 Å². The fraction of sp³-hybridized carbons (Fsp3) is 0.167. The largest absolute Gasteiger partial charge is 0.493 e. The number of nitrogens with zero attached hydrogens (tertiary/aromatic N) is 5. The second-order valence-corrected chi connectivity index (χ2v) is 9.57. The number of benzene rings is 3. The van der Waals surface area contributed by atoms with Crippen molar-refractivity contribution in [3.05, 3.63) is 102 Å². The number of carbonyl (C=O) groups excluding carboxylic acids is 2. The highest BCUT2D eigenvalue weighted by atomic mass is 16.5. The molecule has 2 amide bonds. The molecule has 6 rings (SSSR count). The summed E-state index contributed by atoms with van der Waals surface area (Å²) in [6.45, 7) is 1.96. The lowest BCUT2D eigenvalue weighted by Crippen LogP contribution is -2.29. The molecule has 5 aromatic rings. The predicted octanol–water partition coefficient (Wildman–Crippen LogP) is 3.63. The lowest BCUT2D eigenvalue weighted by Gasteiger charge is -2.17. The number of carbonyl (C=O) groups is 2. The van der Waals surface area contributed by atoms with Gasteiger partial charge in [0.2, 0.25) is 0 Å². The van der Waals surface area contributed by atoms with Gasteiger partial charge >= 0.3 is 0 Å². The second-order valence-electron chi connectivity index (χ2n) is 9.57. The molecule has 0 radical (unpaired) electrons. The van der Waals surface area contributed by atoms with Gasteiger partial charge in [0, 0.05) is 35.8 Å². The molecule has 206 valence electrons. The van der Waals surface area contributed by atoms with E-state index in [1.807, 2.05) is 60.2 Å². The Balaban J connectivity index is 1.32. The van der Waals surface area contributed by atoms with Gasteiger partial charge in [0.25, 0.3) is 11.8 Å². The van der Waals surface area contributed by atoms with Gasteiger partial charge < -0.3 is 20.1 Å². The van der Waals surface area contributed by atoms with E-state index in [1.54, 1.807) is 42.5 Å². The molecule has 0 saturated heterocycles. The number of methoxy groups -OCH3 is 1. The third kappa shape index (κ3) is 5.37. The van der Waals surface area contributed by atoms with E-state index in [-0.39, 0.29) is 31.0 Å². The molecule has 2 aromatic heterocycles. The topological polar surface area (TPSA) is 125 Å². The van der Waals surface area contributed by atoms with Crippen molar-refractivity contribution in [1.29, 1.82) is 0 Å². The van der Waals surface area contributed by atoms with Crippen LogP contribution in [-0.4, -0.2) is 49.8 Å². The number of hydrogen-bond donors (Lipinski definition) is 2. The van der Waals surface area contributed by atoms with E-state index in [0.29, 0.717) is 22.9 Å². The van der Waals surface area contributed by atoms with Crippen molar-refractivity contribution in [2.45, 2.75) is 19.5 Å². The minimum Gasteiger partial charge on any atom is -0.493 e. The molecule has 11 nitrogen and oxygen atoms in total. The smallest absolute Gasteiger partial charge is 0.258 e. The Hall–Kier alpha value is -5.45. The predicted molar refractivity (Wildman–Crippen MR) is 150 cm³/mol. The maximum Gasteiger partial charge on any atom is 0.258 e. The fourth-order valence-corrected chi connectivity index (χ4v) is 4.72. The Labute approximate surface area is 235 Å². The zero-order chi connectivity index (χ0) is 28.3. The molecule has 41 heavy (non-hydrogen) atoms. The number of fused-ring (bicyclic) bond motifs is 7. The lowest BCUT2D eigenvalue weighted by atomic mass is 10.1. The van der Waals surface area contributed by atoms with Crippen LogP contribution in [0.25, 0.3) is 22.8 Å². The maximum absolute atomic E-state index is 13.5. The van der Waals surface area contributed by atoms with E-state index >= 15 is 0 Å². The molecule has 1 aliphatic heterocycles. The Bertz CT molecular complexity index is 1710. The summed E-state index contributed by atoms with van der Waals surface area (Å²) in [7, 11) is 1.55. The van der Waals surface area contributed by atoms with Crippen molar-refractivity contribution in [3.63, 3.8) is 0 Å². The van der Waals surface area contributed by atoms with Crippen molar-refractivity contribution in [1.82, 2.24) is 34.9 Å². The number of ether oxygens (including phenoxy) is 2. The van der Waals surface area contributed by atoms with Crippen LogP contribution in [0.5, 0.6) is 11.5 Å². The van der Waals surface area contributed by atoms with E-state index in [0.717, 1.165) is 28.1 Å². The summed E-state index contributed by atoms with van der Waals surface area (Å²) in [6, 6.07) is 18.4. The number of amides is 2. The van der Waals surface area contributed by atoms with E-state index in [4.69, 9.17) is 9.47 Å². The van der Waals surface area contributed by atoms with Gasteiger partial charge in [-0.05, 0) is 66.6 Å².